The molecule has 0 saturated carbocycles. The molecule has 2 saturated heterocycles. The zero-order chi connectivity index (χ0) is 8.77. The number of aliphatic hydroxyl groups is 1. The van der Waals surface area contributed by atoms with Gasteiger partial charge in [0.15, 0.2) is 0 Å². The lowest BCUT2D eigenvalue weighted by Crippen LogP contribution is -2.45. The van der Waals surface area contributed by atoms with Crippen molar-refractivity contribution < 1.29 is 14.6 Å². The number of fused-ring (bicyclic) bond motifs is 2. The number of hydrogen-bond donors (Lipinski definition) is 2. The molecule has 3 atom stereocenters. The molecule has 0 aliphatic carbocycles. The number of methoxy groups -OCH3 is 1. The SMILES string of the molecule is COC(=O)[C@]12CC[C@@H](N1)[C@@H](O)C2. The minimum atomic E-state index is -0.571. The predicted molar refractivity (Wildman–Crippen MR) is 41.5 cm³/mol. The fourth-order valence-corrected chi connectivity index (χ4v) is 2.29. The number of aliphatic hydroxyl groups excluding tert-OH is 1. The van der Waals surface area contributed by atoms with Gasteiger partial charge in [0.1, 0.15) is 5.54 Å². The van der Waals surface area contributed by atoms with E-state index in [1.165, 1.54) is 7.11 Å². The van der Waals surface area contributed by atoms with E-state index >= 15 is 0 Å². The van der Waals surface area contributed by atoms with Crippen molar-refractivity contribution in [1.29, 1.82) is 0 Å². The van der Waals surface area contributed by atoms with Crippen molar-refractivity contribution in [2.75, 3.05) is 7.11 Å². The molecule has 2 fully saturated rings. The summed E-state index contributed by atoms with van der Waals surface area (Å²) in [5, 5.41) is 12.6. The Labute approximate surface area is 70.9 Å². The molecule has 68 valence electrons. The van der Waals surface area contributed by atoms with E-state index in [2.05, 4.69) is 5.32 Å². The molecular formula is C8H13NO3. The van der Waals surface area contributed by atoms with Crippen LogP contribution in [0.2, 0.25) is 0 Å². The van der Waals surface area contributed by atoms with Gasteiger partial charge in [-0.25, -0.2) is 0 Å². The maximum atomic E-state index is 11.3. The van der Waals surface area contributed by atoms with Crippen LogP contribution in [0.25, 0.3) is 0 Å². The summed E-state index contributed by atoms with van der Waals surface area (Å²) in [6.45, 7) is 0. The Morgan fingerprint density at radius 2 is 2.50 bits per heavy atom. The Morgan fingerprint density at radius 3 is 2.92 bits per heavy atom. The van der Waals surface area contributed by atoms with Gasteiger partial charge in [-0.05, 0) is 12.8 Å². The van der Waals surface area contributed by atoms with Gasteiger partial charge in [-0.15, -0.1) is 0 Å². The summed E-state index contributed by atoms with van der Waals surface area (Å²) in [6, 6.07) is 0.101. The Kier molecular flexibility index (Phi) is 1.63. The van der Waals surface area contributed by atoms with Gasteiger partial charge in [-0.1, -0.05) is 0 Å². The molecule has 2 heterocycles. The first kappa shape index (κ1) is 8.01. The van der Waals surface area contributed by atoms with E-state index in [9.17, 15) is 9.90 Å². The Bertz CT molecular complexity index is 214. The van der Waals surface area contributed by atoms with Crippen molar-refractivity contribution in [3.05, 3.63) is 0 Å². The standard InChI is InChI=1S/C8H13NO3/c1-12-7(11)8-3-2-5(9-8)6(10)4-8/h5-6,9-10H,2-4H2,1H3/t5-,6+,8-/m1/s1. The highest BCUT2D eigenvalue weighted by molar-refractivity contribution is 5.82. The Hall–Kier alpha value is -0.610. The summed E-state index contributed by atoms with van der Waals surface area (Å²) in [7, 11) is 1.39. The van der Waals surface area contributed by atoms with Crippen LogP contribution >= 0.6 is 0 Å². The molecule has 4 nitrogen and oxygen atoms in total. The number of hydrogen-bond acceptors (Lipinski definition) is 4. The topological polar surface area (TPSA) is 58.6 Å². The number of ether oxygens (including phenoxy) is 1. The second kappa shape index (κ2) is 2.44. The van der Waals surface area contributed by atoms with Crippen LogP contribution in [0.15, 0.2) is 0 Å². The number of nitrogens with one attached hydrogen (secondary N) is 1. The lowest BCUT2D eigenvalue weighted by Gasteiger charge is -2.23. The molecule has 2 rings (SSSR count). The van der Waals surface area contributed by atoms with Crippen LogP contribution in [0.3, 0.4) is 0 Å². The van der Waals surface area contributed by atoms with Crippen LogP contribution in [0.5, 0.6) is 0 Å². The molecule has 0 aromatic rings. The van der Waals surface area contributed by atoms with Gasteiger partial charge in [-0.3, -0.25) is 10.1 Å². The highest BCUT2D eigenvalue weighted by Crippen LogP contribution is 2.38. The molecule has 0 amide bonds. The molecule has 2 aliphatic rings. The third-order valence-corrected chi connectivity index (χ3v) is 2.94. The molecule has 0 aromatic heterocycles. The van der Waals surface area contributed by atoms with Gasteiger partial charge in [-0.2, -0.15) is 0 Å². The van der Waals surface area contributed by atoms with Gasteiger partial charge in [0.05, 0.1) is 13.2 Å². The highest BCUT2D eigenvalue weighted by atomic mass is 16.5. The van der Waals surface area contributed by atoms with E-state index in [4.69, 9.17) is 4.74 Å². The largest absolute Gasteiger partial charge is 0.468 e. The fourth-order valence-electron chi connectivity index (χ4n) is 2.29. The molecule has 12 heavy (non-hydrogen) atoms. The first-order valence-corrected chi connectivity index (χ1v) is 4.22. The minimum absolute atomic E-state index is 0.101. The van der Waals surface area contributed by atoms with Gasteiger partial charge in [0.2, 0.25) is 0 Å². The zero-order valence-corrected chi connectivity index (χ0v) is 7.04. The Balaban J connectivity index is 2.18. The molecule has 2 N–H and O–H groups in total. The van der Waals surface area contributed by atoms with Gasteiger partial charge >= 0.3 is 5.97 Å². The van der Waals surface area contributed by atoms with Gasteiger partial charge < -0.3 is 9.84 Å². The summed E-state index contributed by atoms with van der Waals surface area (Å²) in [5.41, 5.74) is -0.571. The molecule has 2 aliphatic heterocycles. The zero-order valence-electron chi connectivity index (χ0n) is 7.04. The van der Waals surface area contributed by atoms with Crippen molar-refractivity contribution >= 4 is 5.97 Å². The molecular weight excluding hydrogens is 158 g/mol. The van der Waals surface area contributed by atoms with E-state index < -0.39 is 5.54 Å². The third-order valence-electron chi connectivity index (χ3n) is 2.94. The number of esters is 1. The molecule has 0 unspecified atom stereocenters. The average Bonchev–Trinajstić information content (AvgIpc) is 2.60. The van der Waals surface area contributed by atoms with Crippen molar-refractivity contribution in [2.45, 2.75) is 36.9 Å². The molecule has 2 bridgehead atoms. The van der Waals surface area contributed by atoms with Crippen molar-refractivity contribution in [1.82, 2.24) is 5.32 Å². The summed E-state index contributed by atoms with van der Waals surface area (Å²) in [5.74, 6) is -0.235. The Morgan fingerprint density at radius 1 is 1.75 bits per heavy atom. The fraction of sp³-hybridized carbons (Fsp3) is 0.875. The van der Waals surface area contributed by atoms with Crippen LogP contribution in [-0.4, -0.2) is 35.9 Å². The summed E-state index contributed by atoms with van der Waals surface area (Å²) < 4.78 is 4.69. The maximum Gasteiger partial charge on any atom is 0.326 e. The summed E-state index contributed by atoms with van der Waals surface area (Å²) in [6.07, 6.45) is 1.79. The van der Waals surface area contributed by atoms with Crippen LogP contribution in [0, 0.1) is 0 Å². The smallest absolute Gasteiger partial charge is 0.326 e. The van der Waals surface area contributed by atoms with Crippen LogP contribution < -0.4 is 5.32 Å². The van der Waals surface area contributed by atoms with E-state index in [0.29, 0.717) is 6.42 Å². The third kappa shape index (κ3) is 0.881. The lowest BCUT2D eigenvalue weighted by atomic mass is 9.86. The van der Waals surface area contributed by atoms with E-state index in [1.54, 1.807) is 0 Å². The number of rotatable bonds is 1. The first-order valence-electron chi connectivity index (χ1n) is 4.22. The monoisotopic (exact) mass is 171 g/mol. The van der Waals surface area contributed by atoms with Crippen molar-refractivity contribution in [2.24, 2.45) is 0 Å². The van der Waals surface area contributed by atoms with E-state index in [0.717, 1.165) is 12.8 Å². The van der Waals surface area contributed by atoms with Crippen LogP contribution in [0.4, 0.5) is 0 Å². The van der Waals surface area contributed by atoms with E-state index in [1.807, 2.05) is 0 Å². The van der Waals surface area contributed by atoms with Crippen molar-refractivity contribution in [3.8, 4) is 0 Å². The molecule has 0 radical (unpaired) electrons. The minimum Gasteiger partial charge on any atom is -0.468 e. The molecule has 0 aromatic carbocycles. The van der Waals surface area contributed by atoms with E-state index in [-0.39, 0.29) is 18.1 Å². The molecule has 4 heteroatoms. The lowest BCUT2D eigenvalue weighted by molar-refractivity contribution is -0.148. The average molecular weight is 171 g/mol. The number of carbonyl (C=O) groups excluding carboxylic acids is 1. The quantitative estimate of drug-likeness (QED) is 0.518. The summed E-state index contributed by atoms with van der Waals surface area (Å²) in [4.78, 5) is 11.3. The van der Waals surface area contributed by atoms with Crippen LogP contribution in [-0.2, 0) is 9.53 Å². The van der Waals surface area contributed by atoms with Gasteiger partial charge in [0.25, 0.3) is 0 Å². The number of carbonyl (C=O) groups is 1. The summed E-state index contributed by atoms with van der Waals surface area (Å²) >= 11 is 0. The van der Waals surface area contributed by atoms with Crippen LogP contribution in [0.1, 0.15) is 19.3 Å². The van der Waals surface area contributed by atoms with Gasteiger partial charge in [0, 0.05) is 12.5 Å². The predicted octanol–water partition coefficient (Wildman–Crippen LogP) is -0.585. The molecule has 0 spiro atoms. The second-order valence-corrected chi connectivity index (χ2v) is 3.63. The second-order valence-electron chi connectivity index (χ2n) is 3.63. The highest BCUT2D eigenvalue weighted by Gasteiger charge is 2.55. The normalized spacial score (nSPS) is 44.8. The maximum absolute atomic E-state index is 11.3. The first-order chi connectivity index (χ1) is 5.68. The van der Waals surface area contributed by atoms with Crippen molar-refractivity contribution in [3.63, 3.8) is 0 Å².